The fraction of sp³-hybridized carbons (Fsp3) is 0.435. The van der Waals surface area contributed by atoms with Gasteiger partial charge in [0.1, 0.15) is 5.69 Å². The number of aryl methyl sites for hydroxylation is 2. The maximum absolute atomic E-state index is 12.1. The number of primary amides is 1. The number of nitrogens with one attached hydrogen (secondary N) is 1. The van der Waals surface area contributed by atoms with Crippen LogP contribution in [-0.2, 0) is 6.54 Å². The molecule has 1 aromatic carbocycles. The number of hydrogen-bond donors (Lipinski definition) is 2. The number of rotatable bonds is 7. The van der Waals surface area contributed by atoms with E-state index in [-0.39, 0.29) is 6.04 Å². The maximum Gasteiger partial charge on any atom is 0.248 e. The lowest BCUT2D eigenvalue weighted by Gasteiger charge is -2.21. The number of H-pyrrole nitrogens is 1. The number of carbonyl (C=O) groups is 1. The fourth-order valence-corrected chi connectivity index (χ4v) is 4.71. The van der Waals surface area contributed by atoms with E-state index in [1.807, 2.05) is 41.5 Å². The molecular weight excluding hydrogens is 418 g/mol. The minimum atomic E-state index is -0.492. The van der Waals surface area contributed by atoms with Crippen LogP contribution in [0, 0.1) is 6.92 Å². The molecule has 4 aromatic rings. The number of aromatic amines is 1. The van der Waals surface area contributed by atoms with Gasteiger partial charge < -0.3 is 10.6 Å². The van der Waals surface area contributed by atoms with Gasteiger partial charge in [0.15, 0.2) is 11.6 Å². The van der Waals surface area contributed by atoms with Crippen molar-refractivity contribution >= 4 is 16.8 Å². The van der Waals surface area contributed by atoms with Crippen LogP contribution in [0.5, 0.6) is 0 Å². The first kappa shape index (κ1) is 21.3. The number of aromatic nitrogens is 7. The molecule has 1 amide bonds. The van der Waals surface area contributed by atoms with Crippen LogP contribution in [-0.4, -0.2) is 65.2 Å². The summed E-state index contributed by atoms with van der Waals surface area (Å²) in [5.41, 5.74) is 9.45. The van der Waals surface area contributed by atoms with E-state index in [1.54, 1.807) is 6.07 Å². The summed E-state index contributed by atoms with van der Waals surface area (Å²) in [4.78, 5) is 19.3. The van der Waals surface area contributed by atoms with E-state index in [0.717, 1.165) is 54.0 Å². The van der Waals surface area contributed by atoms with Crippen LogP contribution in [0.1, 0.15) is 48.8 Å². The second kappa shape index (κ2) is 8.43. The van der Waals surface area contributed by atoms with Gasteiger partial charge in [0.05, 0.1) is 23.4 Å². The van der Waals surface area contributed by atoms with Gasteiger partial charge in [-0.2, -0.15) is 15.3 Å². The molecule has 1 saturated heterocycles. The molecule has 1 atom stereocenters. The largest absolute Gasteiger partial charge is 0.366 e. The van der Waals surface area contributed by atoms with E-state index in [1.165, 1.54) is 12.8 Å². The zero-order chi connectivity index (χ0) is 23.1. The molecule has 3 aromatic heterocycles. The van der Waals surface area contributed by atoms with E-state index < -0.39 is 5.91 Å². The van der Waals surface area contributed by atoms with Crippen LogP contribution < -0.4 is 5.73 Å². The van der Waals surface area contributed by atoms with E-state index in [0.29, 0.717) is 17.2 Å². The third kappa shape index (κ3) is 3.91. The number of carbonyl (C=O) groups excluding carboxylic acids is 1. The summed E-state index contributed by atoms with van der Waals surface area (Å²) in [5.74, 6) is 0.625. The van der Waals surface area contributed by atoms with E-state index in [9.17, 15) is 4.79 Å². The summed E-state index contributed by atoms with van der Waals surface area (Å²) in [6, 6.07) is 5.69. The van der Waals surface area contributed by atoms with Gasteiger partial charge in [-0.05, 0) is 64.9 Å². The molecule has 1 fully saturated rings. The number of amides is 1. The fourth-order valence-electron chi connectivity index (χ4n) is 4.71. The van der Waals surface area contributed by atoms with Crippen LogP contribution in [0.25, 0.3) is 33.8 Å². The Hall–Kier alpha value is -3.53. The van der Waals surface area contributed by atoms with Gasteiger partial charge in [-0.25, -0.2) is 4.98 Å². The number of hydrogen-bond acceptors (Lipinski definition) is 6. The summed E-state index contributed by atoms with van der Waals surface area (Å²) in [5, 5.41) is 17.5. The van der Waals surface area contributed by atoms with Crippen LogP contribution in [0.3, 0.4) is 0 Å². The van der Waals surface area contributed by atoms with E-state index in [2.05, 4.69) is 32.2 Å². The third-order valence-corrected chi connectivity index (χ3v) is 6.31. The molecule has 1 aliphatic rings. The molecule has 0 spiro atoms. The van der Waals surface area contributed by atoms with Crippen molar-refractivity contribution in [3.63, 3.8) is 0 Å². The molecule has 0 radical (unpaired) electrons. The van der Waals surface area contributed by atoms with E-state index >= 15 is 0 Å². The zero-order valence-corrected chi connectivity index (χ0v) is 19.2. The molecule has 10 heteroatoms. The van der Waals surface area contributed by atoms with Crippen molar-refractivity contribution in [1.29, 1.82) is 0 Å². The van der Waals surface area contributed by atoms with Crippen LogP contribution >= 0.6 is 0 Å². The smallest absolute Gasteiger partial charge is 0.248 e. The minimum absolute atomic E-state index is 0.154. The topological polar surface area (TPSA) is 124 Å². The third-order valence-electron chi connectivity index (χ3n) is 6.31. The Morgan fingerprint density at radius 2 is 2.03 bits per heavy atom. The second-order valence-corrected chi connectivity index (χ2v) is 8.76. The standard InChI is InChI=1S/C23H29N9O/c1-4-31-20(9-14(2)29-31)23-26-22(27-28-23)17-10-16(21(24)33)11-19-18(17)12-25-32(19)15(3)13-30-7-5-6-8-30/h9-12,15H,4-8,13H2,1-3H3,(H2,24,33)(H,26,27,28)/t15-/m0/s1. The Labute approximate surface area is 191 Å². The average molecular weight is 448 g/mol. The number of fused-ring (bicyclic) bond motifs is 1. The Morgan fingerprint density at radius 1 is 1.24 bits per heavy atom. The maximum atomic E-state index is 12.1. The number of likely N-dealkylation sites (tertiary alicyclic amines) is 1. The van der Waals surface area contributed by atoms with Gasteiger partial charge in [0.25, 0.3) is 0 Å². The van der Waals surface area contributed by atoms with Crippen molar-refractivity contribution in [2.45, 2.75) is 46.2 Å². The summed E-state index contributed by atoms with van der Waals surface area (Å²) < 4.78 is 3.86. The van der Waals surface area contributed by atoms with Crippen molar-refractivity contribution in [3.05, 3.63) is 35.7 Å². The predicted molar refractivity (Wildman–Crippen MR) is 126 cm³/mol. The summed E-state index contributed by atoms with van der Waals surface area (Å²) in [6.45, 7) is 10.0. The number of nitrogens with two attached hydrogens (primary N) is 1. The lowest BCUT2D eigenvalue weighted by Crippen LogP contribution is -2.27. The van der Waals surface area contributed by atoms with Gasteiger partial charge in [-0.3, -0.25) is 19.3 Å². The Bertz CT molecular complexity index is 1310. The first-order valence-electron chi connectivity index (χ1n) is 11.5. The highest BCUT2D eigenvalue weighted by molar-refractivity contribution is 6.02. The molecule has 4 heterocycles. The molecule has 0 bridgehead atoms. The highest BCUT2D eigenvalue weighted by Gasteiger charge is 2.22. The van der Waals surface area contributed by atoms with Crippen molar-refractivity contribution < 1.29 is 4.79 Å². The molecule has 33 heavy (non-hydrogen) atoms. The van der Waals surface area contributed by atoms with Gasteiger partial charge in [-0.1, -0.05) is 0 Å². The molecule has 0 unspecified atom stereocenters. The molecule has 3 N–H and O–H groups in total. The molecule has 0 saturated carbocycles. The normalized spacial score (nSPS) is 15.5. The van der Waals surface area contributed by atoms with E-state index in [4.69, 9.17) is 10.7 Å². The van der Waals surface area contributed by atoms with Crippen LogP contribution in [0.2, 0.25) is 0 Å². The Morgan fingerprint density at radius 3 is 2.76 bits per heavy atom. The quantitative estimate of drug-likeness (QED) is 0.449. The molecule has 5 rings (SSSR count). The van der Waals surface area contributed by atoms with Crippen molar-refractivity contribution in [2.24, 2.45) is 5.73 Å². The van der Waals surface area contributed by atoms with Gasteiger partial charge in [0, 0.05) is 29.6 Å². The van der Waals surface area contributed by atoms with Crippen molar-refractivity contribution in [3.8, 4) is 22.9 Å². The summed E-state index contributed by atoms with van der Waals surface area (Å²) in [7, 11) is 0. The lowest BCUT2D eigenvalue weighted by molar-refractivity contribution is 0.100. The van der Waals surface area contributed by atoms with Gasteiger partial charge >= 0.3 is 0 Å². The van der Waals surface area contributed by atoms with Gasteiger partial charge in [-0.15, -0.1) is 0 Å². The first-order chi connectivity index (χ1) is 15.9. The Balaban J connectivity index is 1.57. The molecule has 0 aliphatic carbocycles. The minimum Gasteiger partial charge on any atom is -0.366 e. The highest BCUT2D eigenvalue weighted by atomic mass is 16.1. The molecule has 1 aliphatic heterocycles. The summed E-state index contributed by atoms with van der Waals surface area (Å²) in [6.07, 6.45) is 4.31. The number of nitrogens with zero attached hydrogens (tertiary/aromatic N) is 7. The SMILES string of the molecule is CCn1nc(C)cc1-c1nc(-c2cc(C(N)=O)cc3c2cnn3[C@@H](C)CN2CCCC2)n[nH]1. The first-order valence-corrected chi connectivity index (χ1v) is 11.5. The number of benzene rings is 1. The average Bonchev–Trinajstić information content (AvgIpc) is 3.58. The lowest BCUT2D eigenvalue weighted by atomic mass is 10.0. The molecule has 172 valence electrons. The highest BCUT2D eigenvalue weighted by Crippen LogP contribution is 2.31. The molecule has 10 nitrogen and oxygen atoms in total. The van der Waals surface area contributed by atoms with Crippen LogP contribution in [0.15, 0.2) is 24.4 Å². The summed E-state index contributed by atoms with van der Waals surface area (Å²) >= 11 is 0. The molecular formula is C23H29N9O. The van der Waals surface area contributed by atoms with Crippen molar-refractivity contribution in [2.75, 3.05) is 19.6 Å². The van der Waals surface area contributed by atoms with Crippen molar-refractivity contribution in [1.82, 2.24) is 39.6 Å². The van der Waals surface area contributed by atoms with Crippen LogP contribution in [0.4, 0.5) is 0 Å². The second-order valence-electron chi connectivity index (χ2n) is 8.76. The Kier molecular flexibility index (Phi) is 5.45. The predicted octanol–water partition coefficient (Wildman–Crippen LogP) is 2.77. The monoisotopic (exact) mass is 447 g/mol. The van der Waals surface area contributed by atoms with Gasteiger partial charge in [0.2, 0.25) is 5.91 Å². The zero-order valence-electron chi connectivity index (χ0n) is 19.2.